The van der Waals surface area contributed by atoms with Crippen LogP contribution in [0.15, 0.2) is 0 Å². The Morgan fingerprint density at radius 3 is 2.90 bits per heavy atom. The maximum Gasteiger partial charge on any atom is 0.294 e. The minimum atomic E-state index is -0.510. The lowest BCUT2D eigenvalue weighted by atomic mass is 10.1. The molecular formula is C12H18N6O2. The first-order valence-corrected chi connectivity index (χ1v) is 6.86. The van der Waals surface area contributed by atoms with Crippen molar-refractivity contribution in [3.05, 3.63) is 11.6 Å². The molecule has 0 spiro atoms. The number of aromatic amines is 1. The first kappa shape index (κ1) is 13.0. The van der Waals surface area contributed by atoms with E-state index < -0.39 is 6.04 Å². The normalized spacial score (nSPS) is 22.6. The average molecular weight is 278 g/mol. The van der Waals surface area contributed by atoms with Crippen LogP contribution < -0.4 is 10.6 Å². The molecular weight excluding hydrogens is 260 g/mol. The number of hydrogen-bond acceptors (Lipinski definition) is 5. The van der Waals surface area contributed by atoms with Crippen LogP contribution in [-0.2, 0) is 4.79 Å². The van der Waals surface area contributed by atoms with Gasteiger partial charge in [0.05, 0.1) is 0 Å². The van der Waals surface area contributed by atoms with E-state index in [-0.39, 0.29) is 17.6 Å². The third-order valence-electron chi connectivity index (χ3n) is 3.71. The lowest BCUT2D eigenvalue weighted by molar-refractivity contribution is -0.125. The van der Waals surface area contributed by atoms with Crippen molar-refractivity contribution in [2.75, 3.05) is 26.7 Å². The Hall–Kier alpha value is -1.96. The topological polar surface area (TPSA) is 103 Å². The van der Waals surface area contributed by atoms with Crippen molar-refractivity contribution in [1.82, 2.24) is 30.7 Å². The van der Waals surface area contributed by atoms with Gasteiger partial charge >= 0.3 is 0 Å². The van der Waals surface area contributed by atoms with Gasteiger partial charge in [-0.3, -0.25) is 14.7 Å². The highest BCUT2D eigenvalue weighted by atomic mass is 16.2. The summed E-state index contributed by atoms with van der Waals surface area (Å²) in [4.78, 5) is 30.1. The SMILES string of the molecule is CNC(=O)C1CNCCN1C(=O)c1n[nH]c(C2CC2)n1. The van der Waals surface area contributed by atoms with Crippen LogP contribution in [0.25, 0.3) is 0 Å². The molecule has 108 valence electrons. The molecule has 0 bridgehead atoms. The Labute approximate surface area is 116 Å². The van der Waals surface area contributed by atoms with Crippen molar-refractivity contribution in [3.63, 3.8) is 0 Å². The summed E-state index contributed by atoms with van der Waals surface area (Å²) >= 11 is 0. The summed E-state index contributed by atoms with van der Waals surface area (Å²) in [7, 11) is 1.57. The Morgan fingerprint density at radius 1 is 1.40 bits per heavy atom. The number of likely N-dealkylation sites (N-methyl/N-ethyl adjacent to an activating group) is 1. The summed E-state index contributed by atoms with van der Waals surface area (Å²) in [5, 5.41) is 12.5. The number of amides is 2. The van der Waals surface area contributed by atoms with Crippen LogP contribution in [0, 0.1) is 0 Å². The maximum atomic E-state index is 12.5. The molecule has 2 fully saturated rings. The second-order valence-corrected chi connectivity index (χ2v) is 5.15. The van der Waals surface area contributed by atoms with Gasteiger partial charge in [0.2, 0.25) is 11.7 Å². The molecule has 1 aromatic rings. The van der Waals surface area contributed by atoms with Crippen molar-refractivity contribution >= 4 is 11.8 Å². The number of aromatic nitrogens is 3. The van der Waals surface area contributed by atoms with Gasteiger partial charge in [0.1, 0.15) is 11.9 Å². The summed E-state index contributed by atoms with van der Waals surface area (Å²) in [6.45, 7) is 1.59. The van der Waals surface area contributed by atoms with E-state index >= 15 is 0 Å². The molecule has 1 aliphatic carbocycles. The Morgan fingerprint density at radius 2 is 2.20 bits per heavy atom. The van der Waals surface area contributed by atoms with Crippen molar-refractivity contribution in [2.45, 2.75) is 24.8 Å². The largest absolute Gasteiger partial charge is 0.357 e. The van der Waals surface area contributed by atoms with Gasteiger partial charge in [-0.05, 0) is 12.8 Å². The number of piperazine rings is 1. The monoisotopic (exact) mass is 278 g/mol. The Balaban J connectivity index is 1.77. The fourth-order valence-corrected chi connectivity index (χ4v) is 2.39. The van der Waals surface area contributed by atoms with Crippen LogP contribution in [0.5, 0.6) is 0 Å². The lowest BCUT2D eigenvalue weighted by Gasteiger charge is -2.34. The van der Waals surface area contributed by atoms with E-state index in [1.54, 1.807) is 7.05 Å². The third-order valence-corrected chi connectivity index (χ3v) is 3.71. The fraction of sp³-hybridized carbons (Fsp3) is 0.667. The first-order chi connectivity index (χ1) is 9.70. The molecule has 1 aliphatic heterocycles. The van der Waals surface area contributed by atoms with E-state index in [2.05, 4.69) is 25.8 Å². The molecule has 20 heavy (non-hydrogen) atoms. The smallest absolute Gasteiger partial charge is 0.294 e. The van der Waals surface area contributed by atoms with Gasteiger partial charge < -0.3 is 15.5 Å². The number of nitrogens with zero attached hydrogens (tertiary/aromatic N) is 3. The van der Waals surface area contributed by atoms with Crippen LogP contribution in [0.3, 0.4) is 0 Å². The molecule has 2 heterocycles. The van der Waals surface area contributed by atoms with E-state index in [1.165, 1.54) is 4.90 Å². The first-order valence-electron chi connectivity index (χ1n) is 6.86. The van der Waals surface area contributed by atoms with Gasteiger partial charge in [0.15, 0.2) is 0 Å². The molecule has 1 saturated carbocycles. The van der Waals surface area contributed by atoms with Crippen molar-refractivity contribution in [1.29, 1.82) is 0 Å². The van der Waals surface area contributed by atoms with Gasteiger partial charge in [-0.2, -0.15) is 0 Å². The predicted molar refractivity (Wildman–Crippen MR) is 70.1 cm³/mol. The zero-order chi connectivity index (χ0) is 14.1. The molecule has 2 aliphatic rings. The van der Waals surface area contributed by atoms with Crippen molar-refractivity contribution < 1.29 is 9.59 Å². The minimum absolute atomic E-state index is 0.155. The zero-order valence-electron chi connectivity index (χ0n) is 11.3. The Bertz CT molecular complexity index is 524. The number of rotatable bonds is 3. The van der Waals surface area contributed by atoms with E-state index in [0.29, 0.717) is 25.6 Å². The molecule has 2 amide bonds. The summed E-state index contributed by atoms with van der Waals surface area (Å²) < 4.78 is 0. The molecule has 1 unspecified atom stereocenters. The number of carbonyl (C=O) groups is 2. The summed E-state index contributed by atoms with van der Waals surface area (Å²) in [6, 6.07) is -0.510. The third kappa shape index (κ3) is 2.38. The average Bonchev–Trinajstić information content (AvgIpc) is 3.23. The highest BCUT2D eigenvalue weighted by molar-refractivity contribution is 5.95. The van der Waals surface area contributed by atoms with Crippen molar-refractivity contribution in [3.8, 4) is 0 Å². The summed E-state index contributed by atoms with van der Waals surface area (Å²) in [5.74, 6) is 0.885. The second kappa shape index (κ2) is 5.20. The highest BCUT2D eigenvalue weighted by Crippen LogP contribution is 2.37. The molecule has 1 atom stereocenters. The highest BCUT2D eigenvalue weighted by Gasteiger charge is 2.35. The van der Waals surface area contributed by atoms with Gasteiger partial charge in [-0.1, -0.05) is 0 Å². The van der Waals surface area contributed by atoms with E-state index in [1.807, 2.05) is 0 Å². The number of hydrogen-bond donors (Lipinski definition) is 3. The van der Waals surface area contributed by atoms with Gasteiger partial charge in [-0.25, -0.2) is 4.98 Å². The number of nitrogens with one attached hydrogen (secondary N) is 3. The molecule has 0 aromatic carbocycles. The van der Waals surface area contributed by atoms with E-state index in [0.717, 1.165) is 18.7 Å². The minimum Gasteiger partial charge on any atom is -0.357 e. The second-order valence-electron chi connectivity index (χ2n) is 5.15. The maximum absolute atomic E-state index is 12.5. The quantitative estimate of drug-likeness (QED) is 0.647. The molecule has 1 saturated heterocycles. The van der Waals surface area contributed by atoms with Crippen LogP contribution in [0.1, 0.15) is 35.2 Å². The van der Waals surface area contributed by atoms with Gasteiger partial charge in [0.25, 0.3) is 5.91 Å². The standard InChI is InChI=1S/C12H18N6O2/c1-13-11(19)8-6-14-4-5-18(8)12(20)10-15-9(16-17-10)7-2-3-7/h7-8,14H,2-6H2,1H3,(H,13,19)(H,15,16,17). The lowest BCUT2D eigenvalue weighted by Crippen LogP contribution is -2.59. The molecule has 8 heteroatoms. The summed E-state index contributed by atoms with van der Waals surface area (Å²) in [6.07, 6.45) is 2.19. The molecule has 0 radical (unpaired) electrons. The van der Waals surface area contributed by atoms with Crippen LogP contribution >= 0.6 is 0 Å². The molecule has 1 aromatic heterocycles. The van der Waals surface area contributed by atoms with Crippen molar-refractivity contribution in [2.24, 2.45) is 0 Å². The van der Waals surface area contributed by atoms with E-state index in [9.17, 15) is 9.59 Å². The summed E-state index contributed by atoms with van der Waals surface area (Å²) in [5.41, 5.74) is 0. The van der Waals surface area contributed by atoms with E-state index in [4.69, 9.17) is 0 Å². The fourth-order valence-electron chi connectivity index (χ4n) is 2.39. The molecule has 8 nitrogen and oxygen atoms in total. The van der Waals surface area contributed by atoms with Gasteiger partial charge in [-0.15, -0.1) is 5.10 Å². The molecule has 3 N–H and O–H groups in total. The number of H-pyrrole nitrogens is 1. The number of carbonyl (C=O) groups excluding carboxylic acids is 2. The van der Waals surface area contributed by atoms with Crippen LogP contribution in [-0.4, -0.2) is 64.6 Å². The zero-order valence-corrected chi connectivity index (χ0v) is 11.3. The predicted octanol–water partition coefficient (Wildman–Crippen LogP) is -1.16. The van der Waals surface area contributed by atoms with Crippen LogP contribution in [0.4, 0.5) is 0 Å². The van der Waals surface area contributed by atoms with Crippen LogP contribution in [0.2, 0.25) is 0 Å². The molecule has 3 rings (SSSR count). The van der Waals surface area contributed by atoms with Gasteiger partial charge in [0, 0.05) is 32.6 Å². The Kier molecular flexibility index (Phi) is 3.39.